The highest BCUT2D eigenvalue weighted by Gasteiger charge is 2.07. The Balaban J connectivity index is 0.00000280. The van der Waals surface area contributed by atoms with Crippen LogP contribution in [0.15, 0.2) is 65.8 Å². The second kappa shape index (κ2) is 10.8. The van der Waals surface area contributed by atoms with E-state index in [2.05, 4.69) is 26.7 Å². The van der Waals surface area contributed by atoms with E-state index in [1.807, 2.05) is 37.4 Å². The van der Waals surface area contributed by atoms with E-state index in [0.29, 0.717) is 24.8 Å². The largest absolute Gasteiger partial charge is 0.489 e. The lowest BCUT2D eigenvalue weighted by molar-refractivity contribution is 0.223. The summed E-state index contributed by atoms with van der Waals surface area (Å²) in [5.74, 6) is 0.871. The van der Waals surface area contributed by atoms with E-state index in [-0.39, 0.29) is 35.9 Å². The number of fused-ring (bicyclic) bond motifs is 1. The number of aliphatic imine (C=N–C) groups is 1. The molecule has 28 heavy (non-hydrogen) atoms. The first-order valence-corrected chi connectivity index (χ1v) is 8.85. The fraction of sp³-hybridized carbons (Fsp3) is 0.238. The molecule has 0 aliphatic carbocycles. The highest BCUT2D eigenvalue weighted by atomic mass is 127. The van der Waals surface area contributed by atoms with Crippen LogP contribution in [0.25, 0.3) is 10.9 Å². The van der Waals surface area contributed by atoms with Gasteiger partial charge in [0.15, 0.2) is 5.96 Å². The fourth-order valence-electron chi connectivity index (χ4n) is 2.76. The van der Waals surface area contributed by atoms with Gasteiger partial charge in [-0.2, -0.15) is 0 Å². The number of nitrogens with zero attached hydrogens (tertiary/aromatic N) is 2. The summed E-state index contributed by atoms with van der Waals surface area (Å²) in [5, 5.41) is 7.65. The van der Waals surface area contributed by atoms with E-state index >= 15 is 0 Å². The zero-order valence-corrected chi connectivity index (χ0v) is 18.2. The first-order chi connectivity index (χ1) is 13.2. The number of nitrogens with one attached hydrogen (secondary N) is 2. The van der Waals surface area contributed by atoms with Gasteiger partial charge in [-0.3, -0.25) is 9.98 Å². The van der Waals surface area contributed by atoms with Gasteiger partial charge in [-0.15, -0.1) is 24.0 Å². The molecule has 0 aliphatic heterocycles. The van der Waals surface area contributed by atoms with Crippen molar-refractivity contribution < 1.29 is 9.13 Å². The monoisotopic (exact) mass is 494 g/mol. The number of rotatable bonds is 6. The molecule has 0 fully saturated rings. The van der Waals surface area contributed by atoms with Gasteiger partial charge in [0, 0.05) is 31.2 Å². The number of aromatic nitrogens is 1. The lowest BCUT2D eigenvalue weighted by atomic mass is 10.1. The first kappa shape index (κ1) is 21.9. The second-order valence-corrected chi connectivity index (χ2v) is 6.18. The smallest absolute Gasteiger partial charge is 0.191 e. The van der Waals surface area contributed by atoms with Crippen molar-refractivity contribution in [2.45, 2.75) is 19.6 Å². The van der Waals surface area contributed by atoms with Gasteiger partial charge in [0.1, 0.15) is 17.7 Å². The Kier molecular flexibility index (Phi) is 8.43. The number of para-hydroxylation sites is 1. The quantitative estimate of drug-likeness (QED) is 0.308. The van der Waals surface area contributed by atoms with E-state index in [1.54, 1.807) is 19.2 Å². The summed E-state index contributed by atoms with van der Waals surface area (Å²) in [6.07, 6.45) is 1.66. The highest BCUT2D eigenvalue weighted by Crippen LogP contribution is 2.16. The van der Waals surface area contributed by atoms with E-state index in [4.69, 9.17) is 4.74 Å². The Labute approximate surface area is 181 Å². The van der Waals surface area contributed by atoms with Gasteiger partial charge in [-0.1, -0.05) is 24.3 Å². The Hall–Kier alpha value is -2.42. The van der Waals surface area contributed by atoms with Gasteiger partial charge in [-0.05, 0) is 36.8 Å². The van der Waals surface area contributed by atoms with Crippen LogP contribution in [0, 0.1) is 5.82 Å². The molecule has 0 amide bonds. The summed E-state index contributed by atoms with van der Waals surface area (Å²) in [4.78, 5) is 8.62. The molecule has 7 heteroatoms. The zero-order valence-electron chi connectivity index (χ0n) is 15.9. The Morgan fingerprint density at radius 1 is 1.14 bits per heavy atom. The molecule has 1 aromatic heterocycles. The minimum Gasteiger partial charge on any atom is -0.489 e. The molecule has 3 rings (SSSR count). The van der Waals surface area contributed by atoms with Crippen molar-refractivity contribution in [1.82, 2.24) is 15.6 Å². The Morgan fingerprint density at radius 2 is 1.96 bits per heavy atom. The molecule has 2 N–H and O–H groups in total. The van der Waals surface area contributed by atoms with Crippen molar-refractivity contribution in [2.24, 2.45) is 4.99 Å². The number of hydrogen-bond acceptors (Lipinski definition) is 3. The van der Waals surface area contributed by atoms with Gasteiger partial charge in [-0.25, -0.2) is 4.39 Å². The maximum atomic E-state index is 13.2. The molecule has 1 heterocycles. The molecule has 0 saturated carbocycles. The van der Waals surface area contributed by atoms with Crippen LogP contribution in [-0.2, 0) is 6.54 Å². The summed E-state index contributed by atoms with van der Waals surface area (Å²) in [6, 6.07) is 16.2. The minimum absolute atomic E-state index is 0. The average Bonchev–Trinajstić information content (AvgIpc) is 2.68. The van der Waals surface area contributed by atoms with Gasteiger partial charge < -0.3 is 15.4 Å². The molecule has 0 saturated heterocycles. The van der Waals surface area contributed by atoms with Crippen molar-refractivity contribution in [3.63, 3.8) is 0 Å². The van der Waals surface area contributed by atoms with E-state index in [0.717, 1.165) is 16.5 Å². The molecule has 0 spiro atoms. The van der Waals surface area contributed by atoms with Crippen LogP contribution in [0.2, 0.25) is 0 Å². The standard InChI is InChI=1S/C21H23FN4O.HI/c1-15(27-18-7-5-6-17(22)12-18)13-25-21(23-2)26-14-16-10-11-24-20-9-4-3-8-19(16)20;/h3-12,15H,13-14H2,1-2H3,(H2,23,25,26);1H. The van der Waals surface area contributed by atoms with Crippen LogP contribution in [-0.4, -0.2) is 30.6 Å². The molecule has 1 unspecified atom stereocenters. The normalized spacial score (nSPS) is 12.2. The number of halogens is 2. The molecule has 3 aromatic rings. The summed E-state index contributed by atoms with van der Waals surface area (Å²) in [6.45, 7) is 3.08. The molecule has 148 valence electrons. The number of pyridine rings is 1. The third-order valence-electron chi connectivity index (χ3n) is 4.10. The summed E-state index contributed by atoms with van der Waals surface area (Å²) in [5.41, 5.74) is 2.12. The van der Waals surface area contributed by atoms with Crippen LogP contribution >= 0.6 is 24.0 Å². The molecule has 5 nitrogen and oxygen atoms in total. The van der Waals surface area contributed by atoms with E-state index in [9.17, 15) is 4.39 Å². The lowest BCUT2D eigenvalue weighted by Gasteiger charge is -2.18. The van der Waals surface area contributed by atoms with Crippen LogP contribution in [0.3, 0.4) is 0 Å². The lowest BCUT2D eigenvalue weighted by Crippen LogP contribution is -2.41. The van der Waals surface area contributed by atoms with Crippen LogP contribution in [0.4, 0.5) is 4.39 Å². The second-order valence-electron chi connectivity index (χ2n) is 6.18. The highest BCUT2D eigenvalue weighted by molar-refractivity contribution is 14.0. The SMILES string of the molecule is CN=C(NCc1ccnc2ccccc12)NCC(C)Oc1cccc(F)c1.I. The first-order valence-electron chi connectivity index (χ1n) is 8.85. The predicted octanol–water partition coefficient (Wildman–Crippen LogP) is 4.12. The number of guanidine groups is 1. The maximum Gasteiger partial charge on any atom is 0.191 e. The van der Waals surface area contributed by atoms with Gasteiger partial charge in [0.25, 0.3) is 0 Å². The van der Waals surface area contributed by atoms with Crippen LogP contribution < -0.4 is 15.4 Å². The topological polar surface area (TPSA) is 58.5 Å². The predicted molar refractivity (Wildman–Crippen MR) is 122 cm³/mol. The number of benzene rings is 2. The molecule has 0 aliphatic rings. The molecular formula is C21H24FIN4O. The molecule has 2 aromatic carbocycles. The fourth-order valence-corrected chi connectivity index (χ4v) is 2.76. The van der Waals surface area contributed by atoms with Crippen molar-refractivity contribution in [2.75, 3.05) is 13.6 Å². The van der Waals surface area contributed by atoms with Gasteiger partial charge >= 0.3 is 0 Å². The average molecular weight is 494 g/mol. The number of ether oxygens (including phenoxy) is 1. The zero-order chi connectivity index (χ0) is 19.1. The molecule has 0 bridgehead atoms. The van der Waals surface area contributed by atoms with Gasteiger partial charge in [0.2, 0.25) is 0 Å². The van der Waals surface area contributed by atoms with Gasteiger partial charge in [0.05, 0.1) is 12.1 Å². The van der Waals surface area contributed by atoms with Crippen molar-refractivity contribution in [3.05, 3.63) is 72.2 Å². The number of hydrogen-bond donors (Lipinski definition) is 2. The summed E-state index contributed by atoms with van der Waals surface area (Å²) >= 11 is 0. The summed E-state index contributed by atoms with van der Waals surface area (Å²) in [7, 11) is 1.72. The van der Waals surface area contributed by atoms with Crippen molar-refractivity contribution >= 4 is 40.8 Å². The van der Waals surface area contributed by atoms with Crippen molar-refractivity contribution in [3.8, 4) is 5.75 Å². The third kappa shape index (κ3) is 6.05. The third-order valence-corrected chi connectivity index (χ3v) is 4.10. The minimum atomic E-state index is -0.310. The Morgan fingerprint density at radius 3 is 2.75 bits per heavy atom. The van der Waals surface area contributed by atoms with Crippen molar-refractivity contribution in [1.29, 1.82) is 0 Å². The molecule has 0 radical (unpaired) electrons. The maximum absolute atomic E-state index is 13.2. The van der Waals surface area contributed by atoms with Crippen LogP contribution in [0.1, 0.15) is 12.5 Å². The molecular weight excluding hydrogens is 470 g/mol. The van der Waals surface area contributed by atoms with Crippen LogP contribution in [0.5, 0.6) is 5.75 Å². The van der Waals surface area contributed by atoms with E-state index < -0.39 is 0 Å². The molecule has 1 atom stereocenters. The van der Waals surface area contributed by atoms with E-state index in [1.165, 1.54) is 12.1 Å². The summed E-state index contributed by atoms with van der Waals surface area (Å²) < 4.78 is 18.9. The Bertz CT molecular complexity index is 930.